The maximum absolute atomic E-state index is 12.2. The van der Waals surface area contributed by atoms with Gasteiger partial charge in [0.25, 0.3) is 0 Å². The van der Waals surface area contributed by atoms with Crippen molar-refractivity contribution in [2.45, 2.75) is 38.5 Å². The molecule has 1 aliphatic carbocycles. The minimum Gasteiger partial charge on any atom is -0.497 e. The van der Waals surface area contributed by atoms with E-state index in [1.54, 1.807) is 14.2 Å². The number of ether oxygens (including phenoxy) is 2. The number of amides is 1. The summed E-state index contributed by atoms with van der Waals surface area (Å²) in [5, 5.41) is 8.85. The van der Waals surface area contributed by atoms with Crippen LogP contribution >= 0.6 is 11.3 Å². The Morgan fingerprint density at radius 3 is 2.89 bits per heavy atom. The molecule has 6 nitrogen and oxygen atoms in total. The first-order chi connectivity index (χ1) is 13.7. The van der Waals surface area contributed by atoms with Gasteiger partial charge < -0.3 is 20.1 Å². The quantitative estimate of drug-likeness (QED) is 0.607. The number of rotatable bonds is 9. The van der Waals surface area contributed by atoms with Gasteiger partial charge in [-0.2, -0.15) is 0 Å². The van der Waals surface area contributed by atoms with Gasteiger partial charge in [-0.1, -0.05) is 11.6 Å². The van der Waals surface area contributed by atoms with Gasteiger partial charge in [-0.3, -0.25) is 4.79 Å². The number of aromatic nitrogens is 1. The van der Waals surface area contributed by atoms with Crippen molar-refractivity contribution in [2.24, 2.45) is 0 Å². The van der Waals surface area contributed by atoms with Gasteiger partial charge in [0.2, 0.25) is 5.91 Å². The normalized spacial score (nSPS) is 13.6. The Bertz CT molecular complexity index is 832. The zero-order valence-electron chi connectivity index (χ0n) is 16.4. The van der Waals surface area contributed by atoms with E-state index < -0.39 is 0 Å². The second-order valence-corrected chi connectivity index (χ2v) is 7.58. The van der Waals surface area contributed by atoms with Crippen molar-refractivity contribution < 1.29 is 14.3 Å². The summed E-state index contributed by atoms with van der Waals surface area (Å²) in [6.45, 7) is 0.695. The van der Waals surface area contributed by atoms with Gasteiger partial charge in [-0.05, 0) is 44.2 Å². The predicted octanol–water partition coefficient (Wildman–Crippen LogP) is 4.45. The van der Waals surface area contributed by atoms with Crippen molar-refractivity contribution in [1.82, 2.24) is 10.3 Å². The van der Waals surface area contributed by atoms with Crippen LogP contribution in [0.1, 0.15) is 37.8 Å². The van der Waals surface area contributed by atoms with Gasteiger partial charge in [0.1, 0.15) is 11.5 Å². The van der Waals surface area contributed by atoms with Crippen LogP contribution in [0.2, 0.25) is 0 Å². The second kappa shape index (κ2) is 10.1. The fraction of sp³-hybridized carbons (Fsp3) is 0.429. The van der Waals surface area contributed by atoms with E-state index >= 15 is 0 Å². The zero-order chi connectivity index (χ0) is 19.8. The molecule has 1 amide bonds. The summed E-state index contributed by atoms with van der Waals surface area (Å²) in [5.74, 6) is 1.44. The molecule has 0 unspecified atom stereocenters. The van der Waals surface area contributed by atoms with Crippen molar-refractivity contribution in [1.29, 1.82) is 0 Å². The van der Waals surface area contributed by atoms with E-state index in [1.165, 1.54) is 42.6 Å². The topological polar surface area (TPSA) is 72.5 Å². The van der Waals surface area contributed by atoms with E-state index in [-0.39, 0.29) is 12.3 Å². The molecule has 0 radical (unpaired) electrons. The predicted molar refractivity (Wildman–Crippen MR) is 113 cm³/mol. The number of anilines is 2. The Morgan fingerprint density at radius 1 is 1.25 bits per heavy atom. The molecule has 0 saturated heterocycles. The molecule has 3 rings (SSSR count). The van der Waals surface area contributed by atoms with Crippen molar-refractivity contribution in [3.05, 3.63) is 40.9 Å². The number of carbonyl (C=O) groups is 1. The van der Waals surface area contributed by atoms with E-state index in [2.05, 4.69) is 21.7 Å². The van der Waals surface area contributed by atoms with Gasteiger partial charge in [-0.15, -0.1) is 11.3 Å². The zero-order valence-corrected chi connectivity index (χ0v) is 17.2. The van der Waals surface area contributed by atoms with Crippen LogP contribution in [0, 0.1) is 0 Å². The fourth-order valence-electron chi connectivity index (χ4n) is 3.19. The lowest BCUT2D eigenvalue weighted by Gasteiger charge is -2.12. The molecule has 7 heteroatoms. The number of thiazole rings is 1. The van der Waals surface area contributed by atoms with Crippen LogP contribution in [-0.4, -0.2) is 31.7 Å². The molecular formula is C21H27N3O3S. The van der Waals surface area contributed by atoms with Gasteiger partial charge in [0.05, 0.1) is 32.0 Å². The first-order valence-corrected chi connectivity index (χ1v) is 10.4. The summed E-state index contributed by atoms with van der Waals surface area (Å²) < 4.78 is 10.6. The molecule has 0 aliphatic heterocycles. The van der Waals surface area contributed by atoms with Crippen LogP contribution in [0.25, 0.3) is 0 Å². The number of nitrogens with one attached hydrogen (secondary N) is 2. The molecule has 1 heterocycles. The minimum absolute atomic E-state index is 0.00669. The molecule has 2 N–H and O–H groups in total. The van der Waals surface area contributed by atoms with Crippen LogP contribution in [0.5, 0.6) is 11.5 Å². The lowest BCUT2D eigenvalue weighted by Crippen LogP contribution is -2.26. The summed E-state index contributed by atoms with van der Waals surface area (Å²) in [6, 6.07) is 5.53. The number of benzene rings is 1. The molecule has 150 valence electrons. The molecule has 0 bridgehead atoms. The summed E-state index contributed by atoms with van der Waals surface area (Å²) in [7, 11) is 3.24. The first kappa shape index (κ1) is 20.2. The van der Waals surface area contributed by atoms with Crippen molar-refractivity contribution in [2.75, 3.05) is 26.1 Å². The van der Waals surface area contributed by atoms with Crippen LogP contribution < -0.4 is 20.1 Å². The van der Waals surface area contributed by atoms with Gasteiger partial charge in [-0.25, -0.2) is 4.98 Å². The molecule has 28 heavy (non-hydrogen) atoms. The Labute approximate surface area is 170 Å². The standard InChI is InChI=1S/C21H27N3O3S/c1-26-17-8-9-19(27-2)18(13-17)24-21-23-16(14-28-21)12-20(25)22-11-10-15-6-4-3-5-7-15/h6,8-9,13-14H,3-5,7,10-12H2,1-2H3,(H,22,25)(H,23,24). The highest BCUT2D eigenvalue weighted by Crippen LogP contribution is 2.32. The first-order valence-electron chi connectivity index (χ1n) is 9.56. The third-order valence-electron chi connectivity index (χ3n) is 4.69. The average Bonchev–Trinajstić information content (AvgIpc) is 3.15. The van der Waals surface area contributed by atoms with Crippen LogP contribution in [0.4, 0.5) is 10.8 Å². The molecule has 0 spiro atoms. The number of nitrogens with zero attached hydrogens (tertiary/aromatic N) is 1. The molecule has 1 aromatic carbocycles. The summed E-state index contributed by atoms with van der Waals surface area (Å²) in [5.41, 5.74) is 3.00. The van der Waals surface area contributed by atoms with Crippen LogP contribution in [0.3, 0.4) is 0 Å². The third kappa shape index (κ3) is 5.73. The number of hydrogen-bond donors (Lipinski definition) is 2. The van der Waals surface area contributed by atoms with Gasteiger partial charge >= 0.3 is 0 Å². The van der Waals surface area contributed by atoms with Crippen LogP contribution in [-0.2, 0) is 11.2 Å². The van der Waals surface area contributed by atoms with E-state index in [0.717, 1.165) is 23.6 Å². The monoisotopic (exact) mass is 401 g/mol. The highest BCUT2D eigenvalue weighted by molar-refractivity contribution is 7.13. The summed E-state index contributed by atoms with van der Waals surface area (Å²) >= 11 is 1.46. The van der Waals surface area contributed by atoms with E-state index in [9.17, 15) is 4.79 Å². The summed E-state index contributed by atoms with van der Waals surface area (Å²) in [6.07, 6.45) is 8.46. The van der Waals surface area contributed by atoms with Crippen LogP contribution in [0.15, 0.2) is 35.2 Å². The summed E-state index contributed by atoms with van der Waals surface area (Å²) in [4.78, 5) is 16.7. The highest BCUT2D eigenvalue weighted by atomic mass is 32.1. The minimum atomic E-state index is 0.00669. The van der Waals surface area contributed by atoms with Crippen molar-refractivity contribution in [3.63, 3.8) is 0 Å². The molecule has 1 aliphatic rings. The number of carbonyl (C=O) groups excluding carboxylic acids is 1. The highest BCUT2D eigenvalue weighted by Gasteiger charge is 2.11. The van der Waals surface area contributed by atoms with Gasteiger partial charge in [0, 0.05) is 18.0 Å². The molecule has 2 aromatic rings. The lowest BCUT2D eigenvalue weighted by molar-refractivity contribution is -0.120. The third-order valence-corrected chi connectivity index (χ3v) is 5.50. The average molecular weight is 402 g/mol. The second-order valence-electron chi connectivity index (χ2n) is 6.72. The van der Waals surface area contributed by atoms with E-state index in [1.807, 2.05) is 23.6 Å². The smallest absolute Gasteiger partial charge is 0.226 e. The largest absolute Gasteiger partial charge is 0.497 e. The Balaban J connectivity index is 1.51. The van der Waals surface area contributed by atoms with Crippen molar-refractivity contribution in [3.8, 4) is 11.5 Å². The molecule has 1 aromatic heterocycles. The van der Waals surface area contributed by atoms with E-state index in [0.29, 0.717) is 17.4 Å². The maximum atomic E-state index is 12.2. The molecule has 0 saturated carbocycles. The number of hydrogen-bond acceptors (Lipinski definition) is 6. The SMILES string of the molecule is COc1ccc(OC)c(Nc2nc(CC(=O)NCCC3=CCCCC3)cs2)c1. The molecular weight excluding hydrogens is 374 g/mol. The number of methoxy groups -OCH3 is 2. The van der Waals surface area contributed by atoms with Crippen molar-refractivity contribution >= 4 is 28.1 Å². The van der Waals surface area contributed by atoms with E-state index in [4.69, 9.17) is 9.47 Å². The molecule has 0 atom stereocenters. The molecule has 0 fully saturated rings. The maximum Gasteiger partial charge on any atom is 0.226 e. The lowest BCUT2D eigenvalue weighted by atomic mass is 9.97. The number of allylic oxidation sites excluding steroid dienone is 1. The Morgan fingerprint density at radius 2 is 2.14 bits per heavy atom. The fourth-order valence-corrected chi connectivity index (χ4v) is 3.92. The Hall–Kier alpha value is -2.54. The van der Waals surface area contributed by atoms with Gasteiger partial charge in [0.15, 0.2) is 5.13 Å². The Kier molecular flexibility index (Phi) is 7.31.